The van der Waals surface area contributed by atoms with Gasteiger partial charge in [0.15, 0.2) is 5.78 Å². The highest BCUT2D eigenvalue weighted by Gasteiger charge is 2.27. The SMILES string of the molecule is CNC(=O)NC(=O)C(OC(=O)c1ccc(C(C)=O)s1)c1ccccc1. The van der Waals surface area contributed by atoms with Crippen LogP contribution in [0.15, 0.2) is 42.5 Å². The Morgan fingerprint density at radius 2 is 1.64 bits per heavy atom. The number of benzene rings is 1. The Bertz CT molecular complexity index is 800. The second-order valence-corrected chi connectivity index (χ2v) is 6.07. The maximum Gasteiger partial charge on any atom is 0.349 e. The maximum absolute atomic E-state index is 12.3. The first-order chi connectivity index (χ1) is 11.9. The first-order valence-electron chi connectivity index (χ1n) is 7.31. The lowest BCUT2D eigenvalue weighted by molar-refractivity contribution is -0.129. The molecule has 130 valence electrons. The van der Waals surface area contributed by atoms with Crippen LogP contribution in [-0.2, 0) is 9.53 Å². The first kappa shape index (κ1) is 18.3. The van der Waals surface area contributed by atoms with Gasteiger partial charge in [-0.3, -0.25) is 14.9 Å². The largest absolute Gasteiger partial charge is 0.443 e. The lowest BCUT2D eigenvalue weighted by Gasteiger charge is -2.17. The Morgan fingerprint density at radius 1 is 1.00 bits per heavy atom. The highest BCUT2D eigenvalue weighted by molar-refractivity contribution is 7.15. The zero-order valence-corrected chi connectivity index (χ0v) is 14.4. The summed E-state index contributed by atoms with van der Waals surface area (Å²) < 4.78 is 5.29. The fourth-order valence-corrected chi connectivity index (χ4v) is 2.73. The van der Waals surface area contributed by atoms with Gasteiger partial charge >= 0.3 is 12.0 Å². The van der Waals surface area contributed by atoms with Crippen molar-refractivity contribution in [2.75, 3.05) is 7.05 Å². The van der Waals surface area contributed by atoms with Gasteiger partial charge in [0.2, 0.25) is 6.10 Å². The molecule has 0 spiro atoms. The smallest absolute Gasteiger partial charge is 0.349 e. The molecule has 2 N–H and O–H groups in total. The van der Waals surface area contributed by atoms with Crippen molar-refractivity contribution in [3.63, 3.8) is 0 Å². The molecule has 0 bridgehead atoms. The zero-order valence-electron chi connectivity index (χ0n) is 13.6. The second kappa shape index (κ2) is 8.20. The lowest BCUT2D eigenvalue weighted by Crippen LogP contribution is -2.41. The molecule has 7 nitrogen and oxygen atoms in total. The first-order valence-corrected chi connectivity index (χ1v) is 8.13. The number of Topliss-reactive ketones (excluding diaryl/α,β-unsaturated/α-hetero) is 1. The number of carbonyl (C=O) groups excluding carboxylic acids is 4. The quantitative estimate of drug-likeness (QED) is 0.629. The molecule has 2 rings (SSSR count). The minimum Gasteiger partial charge on any atom is -0.443 e. The topological polar surface area (TPSA) is 102 Å². The van der Waals surface area contributed by atoms with Crippen LogP contribution in [0.3, 0.4) is 0 Å². The number of ether oxygens (including phenoxy) is 1. The van der Waals surface area contributed by atoms with Crippen LogP contribution in [0.5, 0.6) is 0 Å². The van der Waals surface area contributed by atoms with Crippen molar-refractivity contribution >= 4 is 35.0 Å². The minimum atomic E-state index is -1.30. The lowest BCUT2D eigenvalue weighted by atomic mass is 10.1. The van der Waals surface area contributed by atoms with E-state index in [1.54, 1.807) is 30.3 Å². The average molecular weight is 360 g/mol. The standard InChI is InChI=1S/C17H16N2O5S/c1-10(20)12-8-9-13(25-12)16(22)24-14(11-6-4-3-5-7-11)15(21)19-17(23)18-2/h3-9,14H,1-2H3,(H2,18,19,21,23). The number of urea groups is 1. The Balaban J connectivity index is 2.23. The summed E-state index contributed by atoms with van der Waals surface area (Å²) in [7, 11) is 1.36. The van der Waals surface area contributed by atoms with Crippen LogP contribution in [0, 0.1) is 0 Å². The van der Waals surface area contributed by atoms with Gasteiger partial charge in [0.1, 0.15) is 4.88 Å². The fraction of sp³-hybridized carbons (Fsp3) is 0.176. The normalized spacial score (nSPS) is 11.3. The summed E-state index contributed by atoms with van der Waals surface area (Å²) in [6.07, 6.45) is -1.30. The van der Waals surface area contributed by atoms with Crippen molar-refractivity contribution in [2.45, 2.75) is 13.0 Å². The Morgan fingerprint density at radius 3 is 2.20 bits per heavy atom. The summed E-state index contributed by atoms with van der Waals surface area (Å²) in [5, 5.41) is 4.35. The van der Waals surface area contributed by atoms with E-state index in [-0.39, 0.29) is 10.7 Å². The molecule has 0 aliphatic carbocycles. The molecule has 8 heteroatoms. The molecule has 1 aromatic carbocycles. The van der Waals surface area contributed by atoms with Crippen LogP contribution in [0.25, 0.3) is 0 Å². The van der Waals surface area contributed by atoms with Crippen molar-refractivity contribution in [2.24, 2.45) is 0 Å². The molecule has 0 fully saturated rings. The molecule has 2 aromatic rings. The van der Waals surface area contributed by atoms with E-state index in [1.165, 1.54) is 26.1 Å². The van der Waals surface area contributed by atoms with Crippen molar-refractivity contribution in [1.82, 2.24) is 10.6 Å². The number of nitrogens with one attached hydrogen (secondary N) is 2. The Labute approximate surface area is 148 Å². The van der Waals surface area contributed by atoms with Gasteiger partial charge < -0.3 is 10.1 Å². The average Bonchev–Trinajstić information content (AvgIpc) is 3.10. The predicted molar refractivity (Wildman–Crippen MR) is 91.5 cm³/mol. The van der Waals surface area contributed by atoms with Crippen molar-refractivity contribution in [1.29, 1.82) is 0 Å². The van der Waals surface area contributed by atoms with Crippen molar-refractivity contribution < 1.29 is 23.9 Å². The van der Waals surface area contributed by atoms with E-state index in [0.717, 1.165) is 11.3 Å². The number of thiophene rings is 1. The van der Waals surface area contributed by atoms with Gasteiger partial charge in [-0.2, -0.15) is 0 Å². The van der Waals surface area contributed by atoms with Gasteiger partial charge in [-0.1, -0.05) is 30.3 Å². The Hall–Kier alpha value is -3.00. The van der Waals surface area contributed by atoms with E-state index in [1.807, 2.05) is 0 Å². The van der Waals surface area contributed by atoms with Gasteiger partial charge in [-0.15, -0.1) is 11.3 Å². The summed E-state index contributed by atoms with van der Waals surface area (Å²) in [4.78, 5) is 47.9. The van der Waals surface area contributed by atoms with Gasteiger partial charge in [0.05, 0.1) is 4.88 Å². The summed E-state index contributed by atoms with van der Waals surface area (Å²) >= 11 is 0.981. The molecule has 1 atom stereocenters. The van der Waals surface area contributed by atoms with E-state index in [9.17, 15) is 19.2 Å². The van der Waals surface area contributed by atoms with Gasteiger partial charge in [-0.05, 0) is 19.1 Å². The molecule has 0 aliphatic rings. The molecule has 1 heterocycles. The predicted octanol–water partition coefficient (Wildman–Crippen LogP) is 2.30. The van der Waals surface area contributed by atoms with Gasteiger partial charge in [-0.25, -0.2) is 9.59 Å². The van der Waals surface area contributed by atoms with E-state index in [2.05, 4.69) is 10.6 Å². The number of imide groups is 1. The third-order valence-corrected chi connectivity index (χ3v) is 4.35. The molecule has 0 saturated heterocycles. The van der Waals surface area contributed by atoms with Crippen LogP contribution in [0.2, 0.25) is 0 Å². The number of hydrogen-bond acceptors (Lipinski definition) is 6. The molecule has 3 amide bonds. The van der Waals surface area contributed by atoms with Gasteiger partial charge in [0, 0.05) is 12.6 Å². The van der Waals surface area contributed by atoms with E-state index in [0.29, 0.717) is 10.4 Å². The third kappa shape index (κ3) is 4.74. The molecule has 0 saturated carbocycles. The monoisotopic (exact) mass is 360 g/mol. The number of amides is 3. The summed E-state index contributed by atoms with van der Waals surface area (Å²) in [5.74, 6) is -1.69. The molecule has 0 radical (unpaired) electrons. The maximum atomic E-state index is 12.3. The second-order valence-electron chi connectivity index (χ2n) is 4.98. The molecular formula is C17H16N2O5S. The number of esters is 1. The van der Waals surface area contributed by atoms with Crippen LogP contribution < -0.4 is 10.6 Å². The number of ketones is 1. The highest BCUT2D eigenvalue weighted by Crippen LogP contribution is 2.23. The minimum absolute atomic E-state index is 0.166. The molecular weight excluding hydrogens is 344 g/mol. The van der Waals surface area contributed by atoms with Crippen LogP contribution in [-0.4, -0.2) is 30.7 Å². The number of carbonyl (C=O) groups is 4. The summed E-state index contributed by atoms with van der Waals surface area (Å²) in [6.45, 7) is 1.39. The van der Waals surface area contributed by atoms with Crippen LogP contribution >= 0.6 is 11.3 Å². The summed E-state index contributed by atoms with van der Waals surface area (Å²) in [6, 6.07) is 10.6. The molecule has 0 aliphatic heterocycles. The highest BCUT2D eigenvalue weighted by atomic mass is 32.1. The van der Waals surface area contributed by atoms with Gasteiger partial charge in [0.25, 0.3) is 5.91 Å². The van der Waals surface area contributed by atoms with Crippen LogP contribution in [0.4, 0.5) is 4.79 Å². The van der Waals surface area contributed by atoms with Crippen molar-refractivity contribution in [3.8, 4) is 0 Å². The number of hydrogen-bond donors (Lipinski definition) is 2. The van der Waals surface area contributed by atoms with Crippen molar-refractivity contribution in [3.05, 3.63) is 57.8 Å². The molecule has 1 aromatic heterocycles. The molecule has 25 heavy (non-hydrogen) atoms. The Kier molecular flexibility index (Phi) is 6.02. The third-order valence-electron chi connectivity index (χ3n) is 3.18. The molecule has 1 unspecified atom stereocenters. The van der Waals surface area contributed by atoms with E-state index < -0.39 is 24.0 Å². The fourth-order valence-electron chi connectivity index (χ4n) is 1.94. The van der Waals surface area contributed by atoms with E-state index >= 15 is 0 Å². The summed E-state index contributed by atoms with van der Waals surface area (Å²) in [5.41, 5.74) is 0.417. The van der Waals surface area contributed by atoms with E-state index in [4.69, 9.17) is 4.74 Å². The zero-order chi connectivity index (χ0) is 18.4. The van der Waals surface area contributed by atoms with Crippen LogP contribution in [0.1, 0.15) is 37.9 Å². The number of rotatable bonds is 5.